The van der Waals surface area contributed by atoms with Gasteiger partial charge in [-0.3, -0.25) is 24.0 Å². The average Bonchev–Trinajstić information content (AvgIpc) is 3.47. The minimum atomic E-state index is -1.30. The van der Waals surface area contributed by atoms with Gasteiger partial charge in [-0.05, 0) is 51.5 Å². The maximum Gasteiger partial charge on any atom is 0.246 e. The third-order valence-corrected chi connectivity index (χ3v) is 9.26. The molecule has 238 valence electrons. The monoisotopic (exact) mass is 614 g/mol. The summed E-state index contributed by atoms with van der Waals surface area (Å²) in [6, 6.07) is 7.06. The highest BCUT2D eigenvalue weighted by Crippen LogP contribution is 2.22. The van der Waals surface area contributed by atoms with Crippen LogP contribution < -0.4 is 16.0 Å². The molecule has 2 aliphatic heterocycles. The maximum atomic E-state index is 13.7. The van der Waals surface area contributed by atoms with E-state index >= 15 is 0 Å². The van der Waals surface area contributed by atoms with Gasteiger partial charge in [0.2, 0.25) is 23.6 Å². The fourth-order valence-corrected chi connectivity index (χ4v) is 6.50. The van der Waals surface area contributed by atoms with Crippen molar-refractivity contribution in [2.75, 3.05) is 12.3 Å². The van der Waals surface area contributed by atoms with Crippen LogP contribution in [-0.2, 0) is 30.4 Å². The first-order chi connectivity index (χ1) is 20.6. The molecule has 3 N–H and O–H groups in total. The van der Waals surface area contributed by atoms with Crippen LogP contribution in [0.25, 0.3) is 0 Å². The third-order valence-electron chi connectivity index (χ3n) is 8.25. The van der Waals surface area contributed by atoms with Gasteiger partial charge in [-0.25, -0.2) is 0 Å². The predicted octanol–water partition coefficient (Wildman–Crippen LogP) is 4.28. The lowest BCUT2D eigenvalue weighted by atomic mass is 9.98. The Bertz CT molecular complexity index is 1100. The zero-order valence-corrected chi connectivity index (χ0v) is 26.9. The third kappa shape index (κ3) is 11.0. The van der Waals surface area contributed by atoms with E-state index in [4.69, 9.17) is 0 Å². The summed E-state index contributed by atoms with van der Waals surface area (Å²) in [6.07, 6.45) is 10.5. The van der Waals surface area contributed by atoms with Gasteiger partial charge in [-0.2, -0.15) is 0 Å². The van der Waals surface area contributed by atoms with Crippen LogP contribution in [0.3, 0.4) is 0 Å². The van der Waals surface area contributed by atoms with Gasteiger partial charge in [0, 0.05) is 25.1 Å². The van der Waals surface area contributed by atoms with E-state index in [2.05, 4.69) is 22.9 Å². The van der Waals surface area contributed by atoms with Crippen LogP contribution in [0, 0.1) is 0 Å². The number of amides is 4. The van der Waals surface area contributed by atoms with Gasteiger partial charge in [0.05, 0.1) is 0 Å². The minimum Gasteiger partial charge on any atom is -0.343 e. The molecule has 0 aromatic heterocycles. The molecule has 0 bridgehead atoms. The molecule has 10 heteroatoms. The zero-order chi connectivity index (χ0) is 31.2. The van der Waals surface area contributed by atoms with Crippen molar-refractivity contribution >= 4 is 40.5 Å². The lowest BCUT2D eigenvalue weighted by Gasteiger charge is -2.34. The molecule has 0 spiro atoms. The lowest BCUT2D eigenvalue weighted by molar-refractivity contribution is -0.144. The number of nitrogens with one attached hydrogen (secondary N) is 3. The molecule has 0 radical (unpaired) electrons. The zero-order valence-electron chi connectivity index (χ0n) is 26.1. The van der Waals surface area contributed by atoms with E-state index in [1.807, 2.05) is 30.3 Å². The minimum absolute atomic E-state index is 0.240. The molecule has 2 fully saturated rings. The Kier molecular flexibility index (Phi) is 14.0. The number of nitrogens with zero attached hydrogens (tertiary/aromatic N) is 1. The number of unbranched alkanes of at least 4 members (excludes halogenated alkanes) is 6. The highest BCUT2D eigenvalue weighted by atomic mass is 32.2. The predicted molar refractivity (Wildman–Crippen MR) is 170 cm³/mol. The molecule has 2 aliphatic rings. The Morgan fingerprint density at radius 1 is 0.907 bits per heavy atom. The number of benzene rings is 1. The van der Waals surface area contributed by atoms with E-state index in [1.54, 1.807) is 18.7 Å². The molecule has 1 aromatic rings. The van der Waals surface area contributed by atoms with Gasteiger partial charge in [0.15, 0.2) is 5.12 Å². The number of carbonyl (C=O) groups excluding carboxylic acids is 5. The van der Waals surface area contributed by atoms with Crippen molar-refractivity contribution in [3.63, 3.8) is 0 Å². The smallest absolute Gasteiger partial charge is 0.246 e. The summed E-state index contributed by atoms with van der Waals surface area (Å²) < 4.78 is 0. The average molecular weight is 615 g/mol. The SMILES string of the molecule is CCCCCCCC(=O)SCCCCC[C@H]1NC(=O)[C@H]2CCCN2C(=O)[C@H](Cc2ccccc2)NC(=O)C(C)(C)NC1=O. The van der Waals surface area contributed by atoms with E-state index in [1.165, 1.54) is 31.0 Å². The summed E-state index contributed by atoms with van der Waals surface area (Å²) >= 11 is 1.38. The Morgan fingerprint density at radius 2 is 1.63 bits per heavy atom. The molecule has 4 amide bonds. The molecule has 43 heavy (non-hydrogen) atoms. The summed E-state index contributed by atoms with van der Waals surface area (Å²) in [7, 11) is 0. The molecular formula is C33H50N4O5S. The van der Waals surface area contributed by atoms with Crippen molar-refractivity contribution in [3.05, 3.63) is 35.9 Å². The first kappa shape index (κ1) is 34.6. The number of fused-ring (bicyclic) bond motifs is 1. The van der Waals surface area contributed by atoms with Crippen molar-refractivity contribution in [3.8, 4) is 0 Å². The molecule has 1 aromatic carbocycles. The second kappa shape index (κ2) is 17.4. The molecule has 3 atom stereocenters. The van der Waals surface area contributed by atoms with Crippen LogP contribution in [0.1, 0.15) is 103 Å². The number of carbonyl (C=O) groups is 5. The number of rotatable bonds is 14. The van der Waals surface area contributed by atoms with E-state index < -0.39 is 35.5 Å². The summed E-state index contributed by atoms with van der Waals surface area (Å²) in [5.74, 6) is -0.759. The van der Waals surface area contributed by atoms with E-state index in [9.17, 15) is 24.0 Å². The molecular weight excluding hydrogens is 564 g/mol. The van der Waals surface area contributed by atoms with Gasteiger partial charge >= 0.3 is 0 Å². The van der Waals surface area contributed by atoms with Crippen molar-refractivity contribution < 1.29 is 24.0 Å². The summed E-state index contributed by atoms with van der Waals surface area (Å²) in [5.41, 5.74) is -0.410. The van der Waals surface area contributed by atoms with E-state index in [-0.39, 0.29) is 23.4 Å². The molecule has 0 aliphatic carbocycles. The quantitative estimate of drug-likeness (QED) is 0.269. The fraction of sp³-hybridized carbons (Fsp3) is 0.667. The Balaban J connectivity index is 1.59. The topological polar surface area (TPSA) is 125 Å². The van der Waals surface area contributed by atoms with Crippen LogP contribution in [0.15, 0.2) is 30.3 Å². The molecule has 2 saturated heterocycles. The number of thioether (sulfide) groups is 1. The van der Waals surface area contributed by atoms with Crippen LogP contribution >= 0.6 is 11.8 Å². The van der Waals surface area contributed by atoms with Gasteiger partial charge in [0.1, 0.15) is 23.7 Å². The van der Waals surface area contributed by atoms with Crippen molar-refractivity contribution in [1.29, 1.82) is 0 Å². The maximum absolute atomic E-state index is 13.7. The number of hydrogen-bond acceptors (Lipinski definition) is 6. The van der Waals surface area contributed by atoms with Gasteiger partial charge in [0.25, 0.3) is 0 Å². The summed E-state index contributed by atoms with van der Waals surface area (Å²) in [5, 5.41) is 8.83. The van der Waals surface area contributed by atoms with Crippen LogP contribution in [0.2, 0.25) is 0 Å². The number of hydrogen-bond donors (Lipinski definition) is 3. The Morgan fingerprint density at radius 3 is 2.37 bits per heavy atom. The normalized spacial score (nSPS) is 22.6. The van der Waals surface area contributed by atoms with Gasteiger partial charge in [-0.15, -0.1) is 0 Å². The van der Waals surface area contributed by atoms with E-state index in [0.29, 0.717) is 38.6 Å². The molecule has 2 heterocycles. The second-order valence-electron chi connectivity index (χ2n) is 12.3. The second-order valence-corrected chi connectivity index (χ2v) is 13.5. The van der Waals surface area contributed by atoms with Crippen molar-refractivity contribution in [1.82, 2.24) is 20.9 Å². The summed E-state index contributed by atoms with van der Waals surface area (Å²) in [4.78, 5) is 67.7. The summed E-state index contributed by atoms with van der Waals surface area (Å²) in [6.45, 7) is 5.81. The van der Waals surface area contributed by atoms with Crippen LogP contribution in [0.5, 0.6) is 0 Å². The first-order valence-electron chi connectivity index (χ1n) is 16.1. The molecule has 9 nitrogen and oxygen atoms in total. The largest absolute Gasteiger partial charge is 0.343 e. The molecule has 0 unspecified atom stereocenters. The van der Waals surface area contributed by atoms with Gasteiger partial charge in [-0.1, -0.05) is 87.5 Å². The Labute approximate surface area is 261 Å². The Hall–Kier alpha value is -2.88. The standard InChI is InChI=1S/C33H50N4O5S/c1-4-5-6-7-13-20-28(38)43-22-14-9-12-18-25-29(39)36-33(2,3)32(42)35-26(23-24-16-10-8-11-17-24)31(41)37-21-15-19-27(37)30(40)34-25/h8,10-11,16-17,25-27H,4-7,9,12-15,18-23H2,1-3H3,(H,34,40)(H,35,42)(H,36,39)/t25-,26+,27-/m1/s1. The van der Waals surface area contributed by atoms with Crippen LogP contribution in [-0.4, -0.2) is 69.6 Å². The highest BCUT2D eigenvalue weighted by molar-refractivity contribution is 8.13. The van der Waals surface area contributed by atoms with Gasteiger partial charge < -0.3 is 20.9 Å². The highest BCUT2D eigenvalue weighted by Gasteiger charge is 2.42. The first-order valence-corrected chi connectivity index (χ1v) is 17.0. The van der Waals surface area contributed by atoms with E-state index in [0.717, 1.165) is 37.0 Å². The fourth-order valence-electron chi connectivity index (χ4n) is 5.64. The molecule has 3 rings (SSSR count). The lowest BCUT2D eigenvalue weighted by Crippen LogP contribution is -2.64. The van der Waals surface area contributed by atoms with Crippen molar-refractivity contribution in [2.24, 2.45) is 0 Å². The van der Waals surface area contributed by atoms with Crippen molar-refractivity contribution in [2.45, 2.75) is 128 Å². The van der Waals surface area contributed by atoms with Crippen LogP contribution in [0.4, 0.5) is 0 Å². The molecule has 0 saturated carbocycles.